The third kappa shape index (κ3) is 4.45. The SMILES string of the molecule is CNC1=CNN(Cc2nc(C[C@H](O)c3ccc(Cl)cc3)no2)C=C1Cl. The van der Waals surface area contributed by atoms with Gasteiger partial charge < -0.3 is 20.4 Å². The van der Waals surface area contributed by atoms with E-state index in [1.807, 2.05) is 0 Å². The Labute approximate surface area is 154 Å². The first-order valence-corrected chi connectivity index (χ1v) is 8.34. The first kappa shape index (κ1) is 17.6. The lowest BCUT2D eigenvalue weighted by atomic mass is 10.1. The van der Waals surface area contributed by atoms with Gasteiger partial charge in [0.05, 0.1) is 16.8 Å². The number of benzene rings is 1. The maximum absolute atomic E-state index is 10.3. The minimum atomic E-state index is -0.730. The van der Waals surface area contributed by atoms with Crippen molar-refractivity contribution in [2.45, 2.75) is 19.1 Å². The number of nitrogens with zero attached hydrogens (tertiary/aromatic N) is 3. The quantitative estimate of drug-likeness (QED) is 0.708. The van der Waals surface area contributed by atoms with E-state index in [9.17, 15) is 5.11 Å². The number of aliphatic hydroxyl groups is 1. The van der Waals surface area contributed by atoms with E-state index >= 15 is 0 Å². The molecule has 132 valence electrons. The second-order valence-corrected chi connectivity index (χ2v) is 6.26. The minimum Gasteiger partial charge on any atom is -0.388 e. The van der Waals surface area contributed by atoms with Crippen LogP contribution in [0.25, 0.3) is 0 Å². The Hall–Kier alpha value is -2.22. The molecule has 1 aromatic heterocycles. The zero-order valence-electron chi connectivity index (χ0n) is 13.4. The Morgan fingerprint density at radius 2 is 2.08 bits per heavy atom. The Bertz CT molecular complexity index is 788. The number of halogens is 2. The van der Waals surface area contributed by atoms with Crippen LogP contribution in [0.3, 0.4) is 0 Å². The van der Waals surface area contributed by atoms with Crippen LogP contribution in [0.15, 0.2) is 51.9 Å². The van der Waals surface area contributed by atoms with Gasteiger partial charge in [0.15, 0.2) is 5.82 Å². The summed E-state index contributed by atoms with van der Waals surface area (Å²) in [5.74, 6) is 0.837. The van der Waals surface area contributed by atoms with Gasteiger partial charge in [-0.2, -0.15) is 4.98 Å². The Balaban J connectivity index is 1.59. The van der Waals surface area contributed by atoms with Crippen LogP contribution < -0.4 is 10.7 Å². The smallest absolute Gasteiger partial charge is 0.248 e. The van der Waals surface area contributed by atoms with Crippen molar-refractivity contribution in [2.75, 3.05) is 7.05 Å². The Morgan fingerprint density at radius 1 is 1.32 bits per heavy atom. The van der Waals surface area contributed by atoms with Crippen molar-refractivity contribution in [2.24, 2.45) is 0 Å². The van der Waals surface area contributed by atoms with Crippen LogP contribution in [0.1, 0.15) is 23.4 Å². The molecule has 0 saturated carbocycles. The van der Waals surface area contributed by atoms with E-state index in [2.05, 4.69) is 20.9 Å². The fraction of sp³-hybridized carbons (Fsp3) is 0.250. The molecule has 1 aliphatic heterocycles. The predicted molar refractivity (Wildman–Crippen MR) is 94.2 cm³/mol. The number of hydrogen-bond donors (Lipinski definition) is 3. The summed E-state index contributed by atoms with van der Waals surface area (Å²) < 4.78 is 5.23. The number of nitrogens with one attached hydrogen (secondary N) is 2. The number of hydrogen-bond acceptors (Lipinski definition) is 7. The van der Waals surface area contributed by atoms with Gasteiger partial charge in [0.1, 0.15) is 6.54 Å². The maximum Gasteiger partial charge on any atom is 0.248 e. The second-order valence-electron chi connectivity index (χ2n) is 5.42. The third-order valence-corrected chi connectivity index (χ3v) is 4.17. The maximum atomic E-state index is 10.3. The number of allylic oxidation sites excluding steroid dienone is 1. The van der Waals surface area contributed by atoms with Gasteiger partial charge in [-0.15, -0.1) is 0 Å². The lowest BCUT2D eigenvalue weighted by Gasteiger charge is -2.24. The summed E-state index contributed by atoms with van der Waals surface area (Å²) in [7, 11) is 1.79. The molecule has 0 amide bonds. The highest BCUT2D eigenvalue weighted by Gasteiger charge is 2.16. The van der Waals surface area contributed by atoms with Crippen LogP contribution in [-0.4, -0.2) is 27.3 Å². The highest BCUT2D eigenvalue weighted by atomic mass is 35.5. The molecule has 0 spiro atoms. The predicted octanol–water partition coefficient (Wildman–Crippen LogP) is 2.46. The van der Waals surface area contributed by atoms with Crippen molar-refractivity contribution in [1.82, 2.24) is 25.9 Å². The van der Waals surface area contributed by atoms with Gasteiger partial charge in [-0.25, -0.2) is 0 Å². The van der Waals surface area contributed by atoms with Crippen molar-refractivity contribution >= 4 is 23.2 Å². The highest BCUT2D eigenvalue weighted by molar-refractivity contribution is 6.31. The molecule has 0 unspecified atom stereocenters. The molecule has 0 aliphatic carbocycles. The van der Waals surface area contributed by atoms with Crippen molar-refractivity contribution in [1.29, 1.82) is 0 Å². The summed E-state index contributed by atoms with van der Waals surface area (Å²) >= 11 is 12.0. The summed E-state index contributed by atoms with van der Waals surface area (Å²) in [6.07, 6.45) is 2.98. The zero-order chi connectivity index (χ0) is 17.8. The zero-order valence-corrected chi connectivity index (χ0v) is 14.9. The summed E-state index contributed by atoms with van der Waals surface area (Å²) in [5, 5.41) is 20.0. The van der Waals surface area contributed by atoms with Crippen molar-refractivity contribution in [3.05, 3.63) is 69.7 Å². The van der Waals surface area contributed by atoms with Crippen LogP contribution in [0.2, 0.25) is 5.02 Å². The Morgan fingerprint density at radius 3 is 2.76 bits per heavy atom. The monoisotopic (exact) mass is 381 g/mol. The summed E-state index contributed by atoms with van der Waals surface area (Å²) in [6.45, 7) is 0.341. The molecule has 1 atom stereocenters. The van der Waals surface area contributed by atoms with Gasteiger partial charge in [-0.3, -0.25) is 5.01 Å². The summed E-state index contributed by atoms with van der Waals surface area (Å²) in [6, 6.07) is 6.99. The van der Waals surface area contributed by atoms with Crippen molar-refractivity contribution in [3.8, 4) is 0 Å². The number of rotatable bonds is 6. The average molecular weight is 382 g/mol. The number of aromatic nitrogens is 2. The lowest BCUT2D eigenvalue weighted by molar-refractivity contribution is 0.174. The molecule has 0 fully saturated rings. The molecular formula is C16H17Cl2N5O2. The normalized spacial score (nSPS) is 15.3. The Kier molecular flexibility index (Phi) is 5.47. The number of hydrazine groups is 1. The molecule has 3 N–H and O–H groups in total. The van der Waals surface area contributed by atoms with Gasteiger partial charge in [0.2, 0.25) is 5.89 Å². The number of likely N-dealkylation sites (N-methyl/N-ethyl adjacent to an activating group) is 1. The summed E-state index contributed by atoms with van der Waals surface area (Å²) in [5.41, 5.74) is 4.57. The van der Waals surface area contributed by atoms with Crippen LogP contribution in [0, 0.1) is 0 Å². The number of aliphatic hydroxyl groups excluding tert-OH is 1. The van der Waals surface area contributed by atoms with E-state index in [4.69, 9.17) is 27.7 Å². The molecule has 1 aliphatic rings. The van der Waals surface area contributed by atoms with Gasteiger partial charge in [0, 0.05) is 30.9 Å². The standard InChI is InChI=1S/C16H17Cl2N5O2/c1-19-13-7-20-23(8-12(13)18)9-16-21-15(22-25-16)6-14(24)10-2-4-11(17)5-3-10/h2-5,7-8,14,19-20,24H,6,9H2,1H3/t14-/m0/s1. The molecule has 0 radical (unpaired) electrons. The van der Waals surface area contributed by atoms with E-state index in [0.717, 1.165) is 11.3 Å². The van der Waals surface area contributed by atoms with Gasteiger partial charge in [-0.05, 0) is 17.7 Å². The van der Waals surface area contributed by atoms with Crippen molar-refractivity contribution in [3.63, 3.8) is 0 Å². The second kappa shape index (κ2) is 7.77. The molecule has 0 bridgehead atoms. The fourth-order valence-corrected chi connectivity index (χ4v) is 2.69. The van der Waals surface area contributed by atoms with Gasteiger partial charge >= 0.3 is 0 Å². The van der Waals surface area contributed by atoms with Gasteiger partial charge in [0.25, 0.3) is 0 Å². The third-order valence-electron chi connectivity index (χ3n) is 3.62. The van der Waals surface area contributed by atoms with E-state index < -0.39 is 6.10 Å². The largest absolute Gasteiger partial charge is 0.388 e. The molecule has 1 aromatic carbocycles. The summed E-state index contributed by atoms with van der Waals surface area (Å²) in [4.78, 5) is 4.30. The highest BCUT2D eigenvalue weighted by Crippen LogP contribution is 2.20. The molecule has 2 aromatic rings. The van der Waals surface area contributed by atoms with E-state index in [1.54, 1.807) is 48.7 Å². The minimum absolute atomic E-state index is 0.249. The molecule has 9 heteroatoms. The van der Waals surface area contributed by atoms with Crippen LogP contribution in [-0.2, 0) is 13.0 Å². The van der Waals surface area contributed by atoms with Crippen LogP contribution in [0.5, 0.6) is 0 Å². The fourth-order valence-electron chi connectivity index (χ4n) is 2.30. The first-order chi connectivity index (χ1) is 12.0. The average Bonchev–Trinajstić information content (AvgIpc) is 3.02. The lowest BCUT2D eigenvalue weighted by Crippen LogP contribution is -2.33. The molecule has 7 nitrogen and oxygen atoms in total. The van der Waals surface area contributed by atoms with Gasteiger partial charge in [-0.1, -0.05) is 40.5 Å². The molecule has 0 saturated heterocycles. The molecule has 25 heavy (non-hydrogen) atoms. The topological polar surface area (TPSA) is 86.5 Å². The van der Waals surface area contributed by atoms with Crippen molar-refractivity contribution < 1.29 is 9.63 Å². The van der Waals surface area contributed by atoms with E-state index in [1.165, 1.54) is 0 Å². The first-order valence-electron chi connectivity index (χ1n) is 7.58. The van der Waals surface area contributed by atoms with E-state index in [0.29, 0.717) is 28.3 Å². The van der Waals surface area contributed by atoms with E-state index in [-0.39, 0.29) is 6.42 Å². The molecular weight excluding hydrogens is 365 g/mol. The molecule has 2 heterocycles. The van der Waals surface area contributed by atoms with Crippen LogP contribution in [0.4, 0.5) is 0 Å². The van der Waals surface area contributed by atoms with Crippen LogP contribution >= 0.6 is 23.2 Å². The molecule has 3 rings (SSSR count).